The van der Waals surface area contributed by atoms with Crippen molar-refractivity contribution in [2.24, 2.45) is 0 Å². The van der Waals surface area contributed by atoms with Crippen LogP contribution in [0, 0.1) is 0 Å². The Labute approximate surface area is 196 Å². The van der Waals surface area contributed by atoms with Crippen LogP contribution in [0.1, 0.15) is 64.0 Å². The summed E-state index contributed by atoms with van der Waals surface area (Å²) < 4.78 is 6.16. The van der Waals surface area contributed by atoms with Crippen LogP contribution in [0.4, 0.5) is 5.69 Å². The number of anilines is 1. The van der Waals surface area contributed by atoms with Crippen LogP contribution in [0.3, 0.4) is 0 Å². The molecule has 0 fully saturated rings. The summed E-state index contributed by atoms with van der Waals surface area (Å²) in [7, 11) is 0. The third-order valence-corrected chi connectivity index (χ3v) is 5.75. The number of hydrogen-bond donors (Lipinski definition) is 3. The maximum absolute atomic E-state index is 13.2. The van der Waals surface area contributed by atoms with E-state index in [0.717, 1.165) is 29.1 Å². The van der Waals surface area contributed by atoms with E-state index in [0.29, 0.717) is 17.3 Å². The van der Waals surface area contributed by atoms with E-state index in [1.165, 1.54) is 32.1 Å². The summed E-state index contributed by atoms with van der Waals surface area (Å²) in [6.45, 7) is 4.76. The Kier molecular flexibility index (Phi) is 9.11. The molecule has 32 heavy (non-hydrogen) atoms. The van der Waals surface area contributed by atoms with Gasteiger partial charge in [0.15, 0.2) is 5.11 Å². The lowest BCUT2D eigenvalue weighted by molar-refractivity contribution is -0.113. The topological polar surface area (TPSA) is 62.4 Å². The molecule has 1 heterocycles. The first-order valence-electron chi connectivity index (χ1n) is 11.5. The molecule has 3 rings (SSSR count). The summed E-state index contributed by atoms with van der Waals surface area (Å²) in [5.74, 6) is 0.605. The zero-order valence-corrected chi connectivity index (χ0v) is 19.8. The van der Waals surface area contributed by atoms with Crippen LogP contribution in [0.5, 0.6) is 5.75 Å². The predicted octanol–water partition coefficient (Wildman–Crippen LogP) is 5.86. The van der Waals surface area contributed by atoms with Gasteiger partial charge in [-0.05, 0) is 43.8 Å². The van der Waals surface area contributed by atoms with Crippen LogP contribution < -0.4 is 20.7 Å². The Bertz CT molecular complexity index is 943. The van der Waals surface area contributed by atoms with Gasteiger partial charge in [-0.15, -0.1) is 0 Å². The number of unbranched alkanes of at least 4 members (excludes halogenated alkanes) is 5. The zero-order valence-electron chi connectivity index (χ0n) is 18.9. The molecule has 1 atom stereocenters. The third kappa shape index (κ3) is 6.57. The molecule has 2 aromatic rings. The molecule has 0 spiro atoms. The molecule has 0 aromatic heterocycles. The number of carbonyl (C=O) groups is 1. The number of nitrogens with one attached hydrogen (secondary N) is 3. The first kappa shape index (κ1) is 23.8. The number of allylic oxidation sites excluding steroid dienone is 1. The molecule has 1 amide bonds. The fourth-order valence-electron chi connectivity index (χ4n) is 3.86. The molecular weight excluding hydrogens is 418 g/mol. The second-order valence-electron chi connectivity index (χ2n) is 8.04. The summed E-state index contributed by atoms with van der Waals surface area (Å²) >= 11 is 5.40. The van der Waals surface area contributed by atoms with Crippen molar-refractivity contribution in [1.29, 1.82) is 0 Å². The van der Waals surface area contributed by atoms with Crippen molar-refractivity contribution in [2.75, 3.05) is 11.9 Å². The molecule has 3 N–H and O–H groups in total. The van der Waals surface area contributed by atoms with Gasteiger partial charge in [0.1, 0.15) is 5.75 Å². The number of hydrogen-bond acceptors (Lipinski definition) is 3. The summed E-state index contributed by atoms with van der Waals surface area (Å²) in [5, 5.41) is 9.84. The van der Waals surface area contributed by atoms with Crippen molar-refractivity contribution in [1.82, 2.24) is 10.6 Å². The van der Waals surface area contributed by atoms with Gasteiger partial charge in [-0.25, -0.2) is 0 Å². The Morgan fingerprint density at radius 3 is 2.47 bits per heavy atom. The van der Waals surface area contributed by atoms with E-state index in [1.54, 1.807) is 0 Å². The van der Waals surface area contributed by atoms with Gasteiger partial charge >= 0.3 is 0 Å². The predicted molar refractivity (Wildman–Crippen MR) is 135 cm³/mol. The van der Waals surface area contributed by atoms with Crippen LogP contribution in [0.2, 0.25) is 0 Å². The molecule has 0 bridgehead atoms. The quantitative estimate of drug-likeness (QED) is 0.295. The van der Waals surface area contributed by atoms with Crippen molar-refractivity contribution < 1.29 is 9.53 Å². The van der Waals surface area contributed by atoms with E-state index >= 15 is 0 Å². The molecule has 2 aromatic carbocycles. The lowest BCUT2D eigenvalue weighted by Crippen LogP contribution is -2.45. The smallest absolute Gasteiger partial charge is 0.255 e. The first-order valence-corrected chi connectivity index (χ1v) is 11.9. The standard InChI is InChI=1S/C26H33N3O2S/c1-3-4-5-6-7-13-18-31-22-17-12-11-16-21(22)24-23(19(2)27-26(32)29-24)25(30)28-20-14-9-8-10-15-20/h8-12,14-17,24H,3-7,13,18H2,1-2H3,(H,28,30)(H2,27,29,32). The highest BCUT2D eigenvalue weighted by Crippen LogP contribution is 2.33. The van der Waals surface area contributed by atoms with Gasteiger partial charge in [0, 0.05) is 16.9 Å². The second-order valence-corrected chi connectivity index (χ2v) is 8.45. The minimum absolute atomic E-state index is 0.174. The molecule has 1 aliphatic rings. The van der Waals surface area contributed by atoms with E-state index in [9.17, 15) is 4.79 Å². The summed E-state index contributed by atoms with van der Waals surface area (Å²) in [6.07, 6.45) is 7.27. The van der Waals surface area contributed by atoms with Crippen LogP contribution in [-0.2, 0) is 4.79 Å². The number of benzene rings is 2. The molecule has 0 saturated heterocycles. The van der Waals surface area contributed by atoms with Crippen molar-refractivity contribution >= 4 is 28.9 Å². The number of thiocarbonyl (C=S) groups is 1. The van der Waals surface area contributed by atoms with E-state index < -0.39 is 6.04 Å². The molecule has 6 heteroatoms. The van der Waals surface area contributed by atoms with Crippen molar-refractivity contribution in [3.05, 3.63) is 71.4 Å². The molecule has 0 saturated carbocycles. The number of amides is 1. The Balaban J connectivity index is 1.75. The van der Waals surface area contributed by atoms with Gasteiger partial charge in [0.25, 0.3) is 5.91 Å². The third-order valence-electron chi connectivity index (χ3n) is 5.53. The molecule has 5 nitrogen and oxygen atoms in total. The maximum atomic E-state index is 13.2. The minimum atomic E-state index is -0.395. The first-order chi connectivity index (χ1) is 15.6. The largest absolute Gasteiger partial charge is 0.493 e. The molecule has 1 unspecified atom stereocenters. The van der Waals surface area contributed by atoms with Gasteiger partial charge in [-0.1, -0.05) is 75.4 Å². The minimum Gasteiger partial charge on any atom is -0.493 e. The van der Waals surface area contributed by atoms with Crippen LogP contribution in [0.25, 0.3) is 0 Å². The average molecular weight is 452 g/mol. The normalized spacial score (nSPS) is 15.7. The monoisotopic (exact) mass is 451 g/mol. The van der Waals surface area contributed by atoms with E-state index in [4.69, 9.17) is 17.0 Å². The Morgan fingerprint density at radius 2 is 1.69 bits per heavy atom. The van der Waals surface area contributed by atoms with Crippen LogP contribution >= 0.6 is 12.2 Å². The van der Waals surface area contributed by atoms with Gasteiger partial charge in [-0.2, -0.15) is 0 Å². The highest BCUT2D eigenvalue weighted by molar-refractivity contribution is 7.80. The molecule has 0 radical (unpaired) electrons. The van der Waals surface area contributed by atoms with Crippen molar-refractivity contribution in [3.63, 3.8) is 0 Å². The Morgan fingerprint density at radius 1 is 1.00 bits per heavy atom. The molecule has 170 valence electrons. The second kappa shape index (κ2) is 12.2. The fourth-order valence-corrected chi connectivity index (χ4v) is 4.13. The number of carbonyl (C=O) groups excluding carboxylic acids is 1. The Hall–Kier alpha value is -2.86. The summed E-state index contributed by atoms with van der Waals surface area (Å²) in [5.41, 5.74) is 2.98. The lowest BCUT2D eigenvalue weighted by atomic mass is 9.94. The number of ether oxygens (including phenoxy) is 1. The van der Waals surface area contributed by atoms with Crippen molar-refractivity contribution in [2.45, 2.75) is 58.4 Å². The lowest BCUT2D eigenvalue weighted by Gasteiger charge is -2.31. The van der Waals surface area contributed by atoms with Gasteiger partial charge in [-0.3, -0.25) is 4.79 Å². The van der Waals surface area contributed by atoms with E-state index in [2.05, 4.69) is 22.9 Å². The van der Waals surface area contributed by atoms with Gasteiger partial charge in [0.05, 0.1) is 18.2 Å². The number of para-hydroxylation sites is 2. The highest BCUT2D eigenvalue weighted by atomic mass is 32.1. The molecule has 0 aliphatic carbocycles. The van der Waals surface area contributed by atoms with E-state index in [1.807, 2.05) is 61.5 Å². The SMILES string of the molecule is CCCCCCCCOc1ccccc1C1NC(=S)NC(C)=C1C(=O)Nc1ccccc1. The van der Waals surface area contributed by atoms with E-state index in [-0.39, 0.29) is 5.91 Å². The highest BCUT2D eigenvalue weighted by Gasteiger charge is 2.31. The van der Waals surface area contributed by atoms with Gasteiger partial charge < -0.3 is 20.7 Å². The fraction of sp³-hybridized carbons (Fsp3) is 0.385. The van der Waals surface area contributed by atoms with Crippen LogP contribution in [0.15, 0.2) is 65.9 Å². The van der Waals surface area contributed by atoms with Gasteiger partial charge in [0.2, 0.25) is 0 Å². The zero-order chi connectivity index (χ0) is 22.8. The summed E-state index contributed by atoms with van der Waals surface area (Å²) in [4.78, 5) is 13.2. The van der Waals surface area contributed by atoms with Crippen molar-refractivity contribution in [3.8, 4) is 5.75 Å². The molecular formula is C26H33N3O2S. The summed E-state index contributed by atoms with van der Waals surface area (Å²) in [6, 6.07) is 16.9. The average Bonchev–Trinajstić information content (AvgIpc) is 2.79. The number of rotatable bonds is 11. The van der Waals surface area contributed by atoms with Crippen LogP contribution in [-0.4, -0.2) is 17.6 Å². The molecule has 1 aliphatic heterocycles. The maximum Gasteiger partial charge on any atom is 0.255 e.